The summed E-state index contributed by atoms with van der Waals surface area (Å²) in [6.45, 7) is 4.61. The molecule has 1 saturated carbocycles. The number of rotatable bonds is 6. The van der Waals surface area contributed by atoms with Gasteiger partial charge in [0.15, 0.2) is 0 Å². The molecule has 1 amide bonds. The molecule has 1 aromatic carbocycles. The van der Waals surface area contributed by atoms with Crippen molar-refractivity contribution in [1.29, 1.82) is 0 Å². The molecule has 1 aliphatic rings. The van der Waals surface area contributed by atoms with E-state index >= 15 is 0 Å². The van der Waals surface area contributed by atoms with Crippen LogP contribution in [-0.4, -0.2) is 29.9 Å². The molecular weight excluding hydrogens is 357 g/mol. The van der Waals surface area contributed by atoms with Gasteiger partial charge in [0.25, 0.3) is 0 Å². The van der Waals surface area contributed by atoms with Crippen molar-refractivity contribution in [3.05, 3.63) is 29.8 Å². The maximum atomic E-state index is 12.3. The van der Waals surface area contributed by atoms with Gasteiger partial charge in [0.2, 0.25) is 5.91 Å². The quantitative estimate of drug-likeness (QED) is 0.765. The summed E-state index contributed by atoms with van der Waals surface area (Å²) in [5.41, 5.74) is 7.92. The van der Waals surface area contributed by atoms with E-state index < -0.39 is 0 Å². The number of halogens is 2. The molecule has 2 atom stereocenters. The van der Waals surface area contributed by atoms with Crippen LogP contribution in [0.15, 0.2) is 24.3 Å². The van der Waals surface area contributed by atoms with Crippen LogP contribution in [-0.2, 0) is 11.3 Å². The molecule has 25 heavy (non-hydrogen) atoms. The van der Waals surface area contributed by atoms with E-state index in [0.29, 0.717) is 6.04 Å². The zero-order chi connectivity index (χ0) is 16.8. The Morgan fingerprint density at radius 1 is 1.20 bits per heavy atom. The van der Waals surface area contributed by atoms with Crippen molar-refractivity contribution in [2.24, 2.45) is 11.7 Å². The van der Waals surface area contributed by atoms with Crippen LogP contribution in [0.25, 0.3) is 0 Å². The van der Waals surface area contributed by atoms with Crippen molar-refractivity contribution in [2.45, 2.75) is 64.6 Å². The Labute approximate surface area is 164 Å². The van der Waals surface area contributed by atoms with Gasteiger partial charge in [-0.2, -0.15) is 0 Å². The predicted molar refractivity (Wildman–Crippen MR) is 111 cm³/mol. The summed E-state index contributed by atoms with van der Waals surface area (Å²) in [5.74, 6) is -0.202. The van der Waals surface area contributed by atoms with E-state index in [1.807, 2.05) is 32.0 Å². The van der Waals surface area contributed by atoms with E-state index in [2.05, 4.69) is 23.3 Å². The molecule has 0 heterocycles. The Hall–Kier alpha value is -0.810. The van der Waals surface area contributed by atoms with Crippen LogP contribution >= 0.6 is 24.8 Å². The summed E-state index contributed by atoms with van der Waals surface area (Å²) in [7, 11) is 2.19. The molecule has 4 nitrogen and oxygen atoms in total. The lowest BCUT2D eigenvalue weighted by molar-refractivity contribution is -0.119. The number of hydrogen-bond donors (Lipinski definition) is 2. The molecule has 0 bridgehead atoms. The van der Waals surface area contributed by atoms with Crippen molar-refractivity contribution in [2.75, 3.05) is 12.4 Å². The average molecular weight is 390 g/mol. The van der Waals surface area contributed by atoms with Crippen LogP contribution in [0.1, 0.15) is 51.5 Å². The van der Waals surface area contributed by atoms with E-state index in [0.717, 1.165) is 12.2 Å². The van der Waals surface area contributed by atoms with Crippen LogP contribution < -0.4 is 11.1 Å². The van der Waals surface area contributed by atoms with E-state index in [1.54, 1.807) is 0 Å². The number of carbonyl (C=O) groups excluding carboxylic acids is 1. The highest BCUT2D eigenvalue weighted by molar-refractivity contribution is 5.93. The standard InChI is InChI=1S/C19H31N3O.2ClH/c1-14(15(2)20)19(23)21-18-12-8-7-9-16(18)13-22(3)17-10-5-4-6-11-17;;/h7-9,12,14-15,17H,4-6,10-11,13,20H2,1-3H3,(H,21,23);2*1H. The second-order valence-corrected chi connectivity index (χ2v) is 7.00. The summed E-state index contributed by atoms with van der Waals surface area (Å²) >= 11 is 0. The SMILES string of the molecule is CC(N)C(C)C(=O)Nc1ccccc1CN(C)C1CCCCC1.Cl.Cl. The van der Waals surface area contributed by atoms with Gasteiger partial charge in [-0.15, -0.1) is 24.8 Å². The van der Waals surface area contributed by atoms with Gasteiger partial charge >= 0.3 is 0 Å². The lowest BCUT2D eigenvalue weighted by Gasteiger charge is -2.31. The first-order chi connectivity index (χ1) is 11.0. The van der Waals surface area contributed by atoms with Gasteiger partial charge in [0.1, 0.15) is 0 Å². The first kappa shape index (κ1) is 24.2. The van der Waals surface area contributed by atoms with E-state index in [9.17, 15) is 4.79 Å². The number of amides is 1. The fourth-order valence-corrected chi connectivity index (χ4v) is 3.19. The fourth-order valence-electron chi connectivity index (χ4n) is 3.19. The molecule has 2 rings (SSSR count). The Balaban J connectivity index is 0.00000288. The third-order valence-electron chi connectivity index (χ3n) is 5.10. The van der Waals surface area contributed by atoms with Crippen LogP contribution in [0.5, 0.6) is 0 Å². The molecule has 0 aromatic heterocycles. The molecule has 0 saturated heterocycles. The van der Waals surface area contributed by atoms with Crippen LogP contribution in [0.2, 0.25) is 0 Å². The smallest absolute Gasteiger partial charge is 0.228 e. The highest BCUT2D eigenvalue weighted by atomic mass is 35.5. The monoisotopic (exact) mass is 389 g/mol. The van der Waals surface area contributed by atoms with Gasteiger partial charge in [-0.1, -0.05) is 44.4 Å². The van der Waals surface area contributed by atoms with Gasteiger partial charge in [0.05, 0.1) is 5.92 Å². The molecule has 6 heteroatoms. The zero-order valence-corrected chi connectivity index (χ0v) is 17.2. The maximum absolute atomic E-state index is 12.3. The number of carbonyl (C=O) groups is 1. The summed E-state index contributed by atoms with van der Waals surface area (Å²) in [6.07, 6.45) is 6.60. The van der Waals surface area contributed by atoms with E-state index in [4.69, 9.17) is 5.73 Å². The highest BCUT2D eigenvalue weighted by Gasteiger charge is 2.21. The van der Waals surface area contributed by atoms with Crippen LogP contribution in [0, 0.1) is 5.92 Å². The van der Waals surface area contributed by atoms with Crippen molar-refractivity contribution in [3.63, 3.8) is 0 Å². The molecule has 0 radical (unpaired) electrons. The number of nitrogens with zero attached hydrogens (tertiary/aromatic N) is 1. The van der Waals surface area contributed by atoms with Crippen LogP contribution in [0.3, 0.4) is 0 Å². The third kappa shape index (κ3) is 7.14. The minimum atomic E-state index is -0.195. The van der Waals surface area contributed by atoms with Gasteiger partial charge in [-0.25, -0.2) is 0 Å². The summed E-state index contributed by atoms with van der Waals surface area (Å²) in [6, 6.07) is 8.61. The zero-order valence-electron chi connectivity index (χ0n) is 15.5. The number of para-hydroxylation sites is 1. The fraction of sp³-hybridized carbons (Fsp3) is 0.632. The van der Waals surface area contributed by atoms with Crippen LogP contribution in [0.4, 0.5) is 5.69 Å². The van der Waals surface area contributed by atoms with Crippen molar-refractivity contribution in [1.82, 2.24) is 4.90 Å². The lowest BCUT2D eigenvalue weighted by Crippen LogP contribution is -2.35. The summed E-state index contributed by atoms with van der Waals surface area (Å²) in [5, 5.41) is 3.05. The van der Waals surface area contributed by atoms with Gasteiger partial charge in [-0.3, -0.25) is 9.69 Å². The van der Waals surface area contributed by atoms with E-state index in [-0.39, 0.29) is 42.7 Å². The van der Waals surface area contributed by atoms with E-state index in [1.165, 1.54) is 37.7 Å². The number of hydrogen-bond acceptors (Lipinski definition) is 3. The summed E-state index contributed by atoms with van der Waals surface area (Å²) < 4.78 is 0. The second kappa shape index (κ2) is 11.7. The average Bonchev–Trinajstić information content (AvgIpc) is 2.56. The van der Waals surface area contributed by atoms with Crippen molar-refractivity contribution >= 4 is 36.4 Å². The Morgan fingerprint density at radius 2 is 1.80 bits per heavy atom. The lowest BCUT2D eigenvalue weighted by atomic mass is 9.94. The normalized spacial score (nSPS) is 17.2. The molecule has 0 spiro atoms. The van der Waals surface area contributed by atoms with Gasteiger partial charge < -0.3 is 11.1 Å². The van der Waals surface area contributed by atoms with Crippen molar-refractivity contribution in [3.8, 4) is 0 Å². The number of nitrogens with one attached hydrogen (secondary N) is 1. The largest absolute Gasteiger partial charge is 0.327 e. The molecule has 0 aliphatic heterocycles. The first-order valence-electron chi connectivity index (χ1n) is 8.83. The molecular formula is C19H33Cl2N3O. The first-order valence-corrected chi connectivity index (χ1v) is 8.83. The maximum Gasteiger partial charge on any atom is 0.228 e. The Morgan fingerprint density at radius 3 is 2.40 bits per heavy atom. The summed E-state index contributed by atoms with van der Waals surface area (Å²) in [4.78, 5) is 14.7. The number of nitrogens with two attached hydrogens (primary N) is 1. The molecule has 1 aromatic rings. The molecule has 2 unspecified atom stereocenters. The van der Waals surface area contributed by atoms with Gasteiger partial charge in [0, 0.05) is 24.3 Å². The number of benzene rings is 1. The van der Waals surface area contributed by atoms with Crippen molar-refractivity contribution < 1.29 is 4.79 Å². The third-order valence-corrected chi connectivity index (χ3v) is 5.10. The second-order valence-electron chi connectivity index (χ2n) is 7.00. The molecule has 144 valence electrons. The number of anilines is 1. The highest BCUT2D eigenvalue weighted by Crippen LogP contribution is 2.25. The predicted octanol–water partition coefficient (Wildman–Crippen LogP) is 4.22. The topological polar surface area (TPSA) is 58.4 Å². The molecule has 1 fully saturated rings. The Bertz CT molecular complexity index is 519. The minimum absolute atomic E-state index is 0. The minimum Gasteiger partial charge on any atom is -0.327 e. The molecule has 3 N–H and O–H groups in total. The van der Waals surface area contributed by atoms with Gasteiger partial charge in [-0.05, 0) is 38.4 Å². The Kier molecular flexibility index (Phi) is 11.4. The molecule has 1 aliphatic carbocycles.